The highest BCUT2D eigenvalue weighted by Crippen LogP contribution is 2.31. The zero-order valence-corrected chi connectivity index (χ0v) is 22.7. The fourth-order valence-corrected chi connectivity index (χ4v) is 4.21. The van der Waals surface area contributed by atoms with Gasteiger partial charge in [-0.3, -0.25) is 9.89 Å². The van der Waals surface area contributed by atoms with Gasteiger partial charge in [0.15, 0.2) is 17.5 Å². The molecular weight excluding hydrogens is 533 g/mol. The van der Waals surface area contributed by atoms with E-state index in [2.05, 4.69) is 51.7 Å². The van der Waals surface area contributed by atoms with Gasteiger partial charge in [-0.05, 0) is 69.9 Å². The number of rotatable bonds is 10. The lowest BCUT2D eigenvalue weighted by Crippen LogP contribution is -2.45. The molecule has 2 aromatic rings. The standard InChI is InChI=1S/C24H37N5O3.HI/c1-25-24(27-17-20(21-9-8-14-32-21)29-12-6-7-13-29)26-16-19(28(2)3)18-10-11-22(30-4)23(15-18)31-5;/h8-11,14-15,19-20H,6-7,12-13,16-17H2,1-5H3,(H2,25,26,27);1H. The normalized spacial score (nSPS) is 16.2. The minimum Gasteiger partial charge on any atom is -0.493 e. The second kappa shape index (κ2) is 13.7. The highest BCUT2D eigenvalue weighted by molar-refractivity contribution is 14.0. The van der Waals surface area contributed by atoms with E-state index in [0.29, 0.717) is 6.54 Å². The minimum absolute atomic E-state index is 0. The van der Waals surface area contributed by atoms with Gasteiger partial charge in [0.25, 0.3) is 0 Å². The van der Waals surface area contributed by atoms with Gasteiger partial charge in [0.05, 0.1) is 32.6 Å². The number of hydrogen-bond donors (Lipinski definition) is 2. The van der Waals surface area contributed by atoms with E-state index in [-0.39, 0.29) is 36.1 Å². The Morgan fingerprint density at radius 3 is 2.36 bits per heavy atom. The van der Waals surface area contributed by atoms with Crippen molar-refractivity contribution in [3.8, 4) is 11.5 Å². The number of hydrogen-bond acceptors (Lipinski definition) is 6. The van der Waals surface area contributed by atoms with Crippen LogP contribution in [0.15, 0.2) is 46.0 Å². The smallest absolute Gasteiger partial charge is 0.191 e. The van der Waals surface area contributed by atoms with Crippen molar-refractivity contribution >= 4 is 29.9 Å². The van der Waals surface area contributed by atoms with Gasteiger partial charge in [-0.15, -0.1) is 24.0 Å². The van der Waals surface area contributed by atoms with Crippen LogP contribution in [0.2, 0.25) is 0 Å². The molecule has 33 heavy (non-hydrogen) atoms. The third kappa shape index (κ3) is 7.25. The molecule has 1 aromatic carbocycles. The Bertz CT molecular complexity index is 854. The summed E-state index contributed by atoms with van der Waals surface area (Å²) < 4.78 is 16.6. The number of ether oxygens (including phenoxy) is 2. The van der Waals surface area contributed by atoms with E-state index < -0.39 is 0 Å². The Labute approximate surface area is 214 Å². The molecule has 2 N–H and O–H groups in total. The summed E-state index contributed by atoms with van der Waals surface area (Å²) in [5.74, 6) is 3.22. The maximum Gasteiger partial charge on any atom is 0.191 e. The van der Waals surface area contributed by atoms with E-state index in [9.17, 15) is 0 Å². The zero-order valence-electron chi connectivity index (χ0n) is 20.3. The lowest BCUT2D eigenvalue weighted by Gasteiger charge is -2.28. The minimum atomic E-state index is 0. The van der Waals surface area contributed by atoms with Crippen LogP contribution in [0.5, 0.6) is 11.5 Å². The fraction of sp³-hybridized carbons (Fsp3) is 0.542. The molecule has 1 aliphatic heterocycles. The summed E-state index contributed by atoms with van der Waals surface area (Å²) in [6.45, 7) is 3.62. The van der Waals surface area contributed by atoms with Crippen LogP contribution in [0.1, 0.15) is 36.2 Å². The average Bonchev–Trinajstić information content (AvgIpc) is 3.52. The van der Waals surface area contributed by atoms with Gasteiger partial charge in [0.2, 0.25) is 0 Å². The molecule has 8 nitrogen and oxygen atoms in total. The number of benzene rings is 1. The third-order valence-corrected chi connectivity index (χ3v) is 6.02. The average molecular weight is 572 g/mol. The molecule has 3 rings (SSSR count). The number of nitrogens with one attached hydrogen (secondary N) is 2. The SMILES string of the molecule is CN=C(NCC(c1ccc(OC)c(OC)c1)N(C)C)NCC(c1ccco1)N1CCCC1.I. The number of furan rings is 1. The summed E-state index contributed by atoms with van der Waals surface area (Å²) in [5, 5.41) is 6.98. The predicted octanol–water partition coefficient (Wildman–Crippen LogP) is 3.52. The van der Waals surface area contributed by atoms with Crippen molar-refractivity contribution in [3.05, 3.63) is 47.9 Å². The molecule has 0 radical (unpaired) electrons. The molecule has 0 spiro atoms. The number of aliphatic imine (C=N–C) groups is 1. The fourth-order valence-electron chi connectivity index (χ4n) is 4.21. The van der Waals surface area contributed by atoms with Crippen LogP contribution in [0, 0.1) is 0 Å². The Morgan fingerprint density at radius 1 is 1.09 bits per heavy atom. The van der Waals surface area contributed by atoms with E-state index in [4.69, 9.17) is 13.9 Å². The Morgan fingerprint density at radius 2 is 1.79 bits per heavy atom. The second-order valence-electron chi connectivity index (χ2n) is 8.20. The largest absolute Gasteiger partial charge is 0.493 e. The van der Waals surface area contributed by atoms with Gasteiger partial charge in [0.1, 0.15) is 5.76 Å². The maximum atomic E-state index is 5.73. The molecular formula is C24H38IN5O3. The summed E-state index contributed by atoms with van der Waals surface area (Å²) in [7, 11) is 9.25. The highest BCUT2D eigenvalue weighted by Gasteiger charge is 2.26. The Kier molecular flexibility index (Phi) is 11.3. The summed E-state index contributed by atoms with van der Waals surface area (Å²) in [6.07, 6.45) is 4.22. The number of guanidine groups is 1. The molecule has 2 atom stereocenters. The summed E-state index contributed by atoms with van der Waals surface area (Å²) in [6, 6.07) is 10.4. The molecule has 9 heteroatoms. The van der Waals surface area contributed by atoms with Crippen molar-refractivity contribution < 1.29 is 13.9 Å². The molecule has 0 aliphatic carbocycles. The molecule has 0 bridgehead atoms. The van der Waals surface area contributed by atoms with Crippen LogP contribution in [0.4, 0.5) is 0 Å². The molecule has 1 aromatic heterocycles. The van der Waals surface area contributed by atoms with E-state index >= 15 is 0 Å². The van der Waals surface area contributed by atoms with E-state index in [0.717, 1.165) is 48.4 Å². The van der Waals surface area contributed by atoms with Crippen molar-refractivity contribution in [3.63, 3.8) is 0 Å². The predicted molar refractivity (Wildman–Crippen MR) is 143 cm³/mol. The Balaban J connectivity index is 0.00000385. The van der Waals surface area contributed by atoms with Crippen LogP contribution >= 0.6 is 24.0 Å². The first kappa shape index (κ1) is 27.3. The van der Waals surface area contributed by atoms with Crippen LogP contribution in [0.25, 0.3) is 0 Å². The van der Waals surface area contributed by atoms with Crippen LogP contribution in [0.3, 0.4) is 0 Å². The molecule has 2 heterocycles. The summed E-state index contributed by atoms with van der Waals surface area (Å²) >= 11 is 0. The van der Waals surface area contributed by atoms with Gasteiger partial charge in [-0.1, -0.05) is 6.07 Å². The number of likely N-dealkylation sites (tertiary alicyclic amines) is 1. The maximum absolute atomic E-state index is 5.73. The van der Waals surface area contributed by atoms with Gasteiger partial charge >= 0.3 is 0 Å². The number of likely N-dealkylation sites (N-methyl/N-ethyl adjacent to an activating group) is 1. The quantitative estimate of drug-likeness (QED) is 0.257. The number of halogens is 1. The second-order valence-corrected chi connectivity index (χ2v) is 8.20. The molecule has 1 saturated heterocycles. The first-order valence-electron chi connectivity index (χ1n) is 11.2. The summed E-state index contributed by atoms with van der Waals surface area (Å²) in [4.78, 5) is 9.09. The molecule has 0 saturated carbocycles. The van der Waals surface area contributed by atoms with Crippen LogP contribution < -0.4 is 20.1 Å². The van der Waals surface area contributed by atoms with E-state index in [1.165, 1.54) is 12.8 Å². The van der Waals surface area contributed by atoms with Crippen molar-refractivity contribution in [2.45, 2.75) is 24.9 Å². The van der Waals surface area contributed by atoms with Crippen molar-refractivity contribution in [2.24, 2.45) is 4.99 Å². The lowest BCUT2D eigenvalue weighted by molar-refractivity contribution is 0.215. The molecule has 184 valence electrons. The molecule has 1 aliphatic rings. The Hall–Kier alpha value is -1.98. The van der Waals surface area contributed by atoms with E-state index in [1.807, 2.05) is 18.2 Å². The van der Waals surface area contributed by atoms with Crippen molar-refractivity contribution in [2.75, 3.05) is 61.5 Å². The zero-order chi connectivity index (χ0) is 22.9. The van der Waals surface area contributed by atoms with Gasteiger partial charge < -0.3 is 29.4 Å². The monoisotopic (exact) mass is 571 g/mol. The molecule has 1 fully saturated rings. The van der Waals surface area contributed by atoms with Crippen LogP contribution in [-0.4, -0.2) is 77.3 Å². The van der Waals surface area contributed by atoms with Crippen molar-refractivity contribution in [1.82, 2.24) is 20.4 Å². The highest BCUT2D eigenvalue weighted by atomic mass is 127. The van der Waals surface area contributed by atoms with E-state index in [1.54, 1.807) is 27.5 Å². The molecule has 2 unspecified atom stereocenters. The summed E-state index contributed by atoms with van der Waals surface area (Å²) in [5.41, 5.74) is 1.14. The third-order valence-electron chi connectivity index (χ3n) is 6.02. The van der Waals surface area contributed by atoms with Gasteiger partial charge in [-0.2, -0.15) is 0 Å². The number of nitrogens with zero attached hydrogens (tertiary/aromatic N) is 3. The number of methoxy groups -OCH3 is 2. The van der Waals surface area contributed by atoms with Crippen molar-refractivity contribution in [1.29, 1.82) is 0 Å². The van der Waals surface area contributed by atoms with Gasteiger partial charge in [0, 0.05) is 20.1 Å². The topological polar surface area (TPSA) is 74.5 Å². The lowest BCUT2D eigenvalue weighted by atomic mass is 10.1. The van der Waals surface area contributed by atoms with Gasteiger partial charge in [-0.25, -0.2) is 0 Å². The van der Waals surface area contributed by atoms with Crippen LogP contribution in [-0.2, 0) is 0 Å². The molecule has 0 amide bonds. The first-order valence-corrected chi connectivity index (χ1v) is 11.2. The first-order chi connectivity index (χ1) is 15.6.